The third-order valence-electron chi connectivity index (χ3n) is 7.00. The summed E-state index contributed by atoms with van der Waals surface area (Å²) in [4.78, 5) is 2.30. The van der Waals surface area contributed by atoms with Gasteiger partial charge in [-0.25, -0.2) is 0 Å². The summed E-state index contributed by atoms with van der Waals surface area (Å²) in [7, 11) is 0. The van der Waals surface area contributed by atoms with E-state index in [-0.39, 0.29) is 24.2 Å². The van der Waals surface area contributed by atoms with Crippen molar-refractivity contribution in [3.05, 3.63) is 23.3 Å². The zero-order valence-electron chi connectivity index (χ0n) is 12.6. The summed E-state index contributed by atoms with van der Waals surface area (Å²) >= 11 is 0. The molecule has 6 rings (SSSR count). The average molecular weight is 317 g/mol. The Labute approximate surface area is 133 Å². The van der Waals surface area contributed by atoms with Crippen molar-refractivity contribution in [2.24, 2.45) is 5.92 Å². The van der Waals surface area contributed by atoms with Gasteiger partial charge >= 0.3 is 0 Å². The monoisotopic (exact) mass is 317 g/mol. The van der Waals surface area contributed by atoms with E-state index < -0.39 is 17.8 Å². The molecule has 1 unspecified atom stereocenters. The zero-order valence-corrected chi connectivity index (χ0v) is 12.6. The highest BCUT2D eigenvalue weighted by Gasteiger charge is 2.77. The van der Waals surface area contributed by atoms with Gasteiger partial charge in [0.2, 0.25) is 6.79 Å². The van der Waals surface area contributed by atoms with Gasteiger partial charge in [-0.05, 0) is 42.6 Å². The summed E-state index contributed by atoms with van der Waals surface area (Å²) in [6.07, 6.45) is 0.195. The molecule has 0 amide bonds. The van der Waals surface area contributed by atoms with Crippen molar-refractivity contribution in [2.75, 3.05) is 19.9 Å². The highest BCUT2D eigenvalue weighted by Crippen LogP contribution is 2.69. The molecule has 5 aliphatic rings. The number of fused-ring (bicyclic) bond motifs is 4. The second-order valence-corrected chi connectivity index (χ2v) is 7.67. The average Bonchev–Trinajstić information content (AvgIpc) is 3.19. The molecule has 6 heteroatoms. The Morgan fingerprint density at radius 2 is 1.91 bits per heavy atom. The Balaban J connectivity index is 1.69. The fraction of sp³-hybridized carbons (Fsp3) is 0.647. The third-order valence-corrected chi connectivity index (χ3v) is 7.00. The van der Waals surface area contributed by atoms with Crippen molar-refractivity contribution in [2.45, 2.75) is 42.1 Å². The van der Waals surface area contributed by atoms with Crippen LogP contribution in [0.3, 0.4) is 0 Å². The highest BCUT2D eigenvalue weighted by atomic mass is 16.7. The summed E-state index contributed by atoms with van der Waals surface area (Å²) in [5.74, 6) is 0.783. The Bertz CT molecular complexity index is 738. The fourth-order valence-corrected chi connectivity index (χ4v) is 6.41. The molecule has 6 atom stereocenters. The molecule has 4 bridgehead atoms. The summed E-state index contributed by atoms with van der Waals surface area (Å²) in [6, 6.07) is 3.77. The van der Waals surface area contributed by atoms with Gasteiger partial charge < -0.3 is 24.8 Å². The number of hydrogen-bond acceptors (Lipinski definition) is 6. The van der Waals surface area contributed by atoms with E-state index in [1.165, 1.54) is 0 Å². The first-order chi connectivity index (χ1) is 11.1. The van der Waals surface area contributed by atoms with Gasteiger partial charge in [0.1, 0.15) is 5.60 Å². The van der Waals surface area contributed by atoms with Gasteiger partial charge in [0, 0.05) is 23.9 Å². The van der Waals surface area contributed by atoms with Gasteiger partial charge in [0.25, 0.3) is 0 Å². The van der Waals surface area contributed by atoms with Crippen LogP contribution in [0, 0.1) is 5.92 Å². The van der Waals surface area contributed by atoms with Crippen molar-refractivity contribution in [3.63, 3.8) is 0 Å². The lowest BCUT2D eigenvalue weighted by molar-refractivity contribution is -0.0707. The quantitative estimate of drug-likeness (QED) is 0.620. The van der Waals surface area contributed by atoms with E-state index in [1.54, 1.807) is 0 Å². The standard InChI is InChI=1S/C17H19NO5/c19-13-12-8-4-10-11(23-7-22-10)5-9(8)17(21)6-18-3-1-2-16(12,18)15(17)14(13)20/h4-5,12-15,19-21H,1-3,6-7H2/t12-,13+,14+,15?,16-,17-/m1/s1. The lowest BCUT2D eigenvalue weighted by atomic mass is 9.64. The predicted molar refractivity (Wildman–Crippen MR) is 78.2 cm³/mol. The predicted octanol–water partition coefficient (Wildman–Crippen LogP) is -0.100. The van der Waals surface area contributed by atoms with E-state index in [4.69, 9.17) is 9.47 Å². The van der Waals surface area contributed by atoms with E-state index in [0.29, 0.717) is 18.0 Å². The molecular weight excluding hydrogens is 298 g/mol. The molecule has 1 spiro atoms. The number of hydrogen-bond donors (Lipinski definition) is 3. The smallest absolute Gasteiger partial charge is 0.231 e. The summed E-state index contributed by atoms with van der Waals surface area (Å²) in [5, 5.41) is 33.1. The van der Waals surface area contributed by atoms with Gasteiger partial charge in [-0.2, -0.15) is 0 Å². The van der Waals surface area contributed by atoms with Crippen LogP contribution in [0.25, 0.3) is 0 Å². The van der Waals surface area contributed by atoms with Crippen molar-refractivity contribution in [1.29, 1.82) is 0 Å². The largest absolute Gasteiger partial charge is 0.454 e. The maximum absolute atomic E-state index is 11.6. The molecule has 0 radical (unpaired) electrons. The van der Waals surface area contributed by atoms with Gasteiger partial charge in [-0.15, -0.1) is 0 Å². The zero-order chi connectivity index (χ0) is 15.6. The second kappa shape index (κ2) is 3.67. The molecule has 122 valence electrons. The molecule has 3 fully saturated rings. The number of β-amino-alcohol motifs (C(OH)–C–C–N with tert-alkyl or cyclic N) is 1. The van der Waals surface area contributed by atoms with Gasteiger partial charge in [-0.3, -0.25) is 4.90 Å². The SMILES string of the molecule is O[C@@H]1[C@H](O)C2[C@@]3(O)CN4CCC[C@@]24[C@@H]1c1cc2c(cc13)OCO2. The topological polar surface area (TPSA) is 82.4 Å². The molecule has 3 aliphatic heterocycles. The van der Waals surface area contributed by atoms with E-state index >= 15 is 0 Å². The lowest BCUT2D eigenvalue weighted by Crippen LogP contribution is -2.51. The van der Waals surface area contributed by atoms with Gasteiger partial charge in [-0.1, -0.05) is 0 Å². The molecule has 3 N–H and O–H groups in total. The van der Waals surface area contributed by atoms with Crippen LogP contribution >= 0.6 is 0 Å². The van der Waals surface area contributed by atoms with Crippen LogP contribution in [0.5, 0.6) is 11.5 Å². The first-order valence-corrected chi connectivity index (χ1v) is 8.35. The lowest BCUT2D eigenvalue weighted by Gasteiger charge is -2.44. The van der Waals surface area contributed by atoms with Crippen molar-refractivity contribution < 1.29 is 24.8 Å². The maximum atomic E-state index is 11.6. The van der Waals surface area contributed by atoms with Crippen LogP contribution in [0.2, 0.25) is 0 Å². The Morgan fingerprint density at radius 3 is 2.74 bits per heavy atom. The molecule has 23 heavy (non-hydrogen) atoms. The van der Waals surface area contributed by atoms with Crippen LogP contribution < -0.4 is 9.47 Å². The minimum absolute atomic E-state index is 0.183. The van der Waals surface area contributed by atoms with Crippen LogP contribution in [0.1, 0.15) is 29.9 Å². The number of aliphatic hydroxyl groups excluding tert-OH is 2. The summed E-state index contributed by atoms with van der Waals surface area (Å²) in [6.45, 7) is 1.62. The molecule has 1 aromatic carbocycles. The normalized spacial score (nSPS) is 48.7. The van der Waals surface area contributed by atoms with E-state index in [2.05, 4.69) is 4.90 Å². The molecule has 1 saturated carbocycles. The van der Waals surface area contributed by atoms with Crippen molar-refractivity contribution in [3.8, 4) is 11.5 Å². The van der Waals surface area contributed by atoms with Crippen LogP contribution in [-0.4, -0.2) is 57.8 Å². The maximum Gasteiger partial charge on any atom is 0.231 e. The number of rotatable bonds is 0. The Kier molecular flexibility index (Phi) is 2.07. The fourth-order valence-electron chi connectivity index (χ4n) is 6.41. The molecule has 0 aromatic heterocycles. The number of ether oxygens (including phenoxy) is 2. The number of benzene rings is 1. The molecular formula is C17H19NO5. The minimum Gasteiger partial charge on any atom is -0.454 e. The van der Waals surface area contributed by atoms with Crippen LogP contribution in [0.15, 0.2) is 12.1 Å². The van der Waals surface area contributed by atoms with Crippen LogP contribution in [0.4, 0.5) is 0 Å². The van der Waals surface area contributed by atoms with E-state index in [1.807, 2.05) is 12.1 Å². The summed E-state index contributed by atoms with van der Waals surface area (Å²) in [5.41, 5.74) is 0.257. The molecule has 2 saturated heterocycles. The minimum atomic E-state index is -1.13. The molecule has 2 aliphatic carbocycles. The van der Waals surface area contributed by atoms with E-state index in [9.17, 15) is 15.3 Å². The molecule has 1 aromatic rings. The van der Waals surface area contributed by atoms with Gasteiger partial charge in [0.15, 0.2) is 11.5 Å². The van der Waals surface area contributed by atoms with E-state index in [0.717, 1.165) is 30.5 Å². The second-order valence-electron chi connectivity index (χ2n) is 7.67. The molecule has 3 heterocycles. The Hall–Kier alpha value is -1.34. The molecule has 6 nitrogen and oxygen atoms in total. The van der Waals surface area contributed by atoms with Crippen LogP contribution in [-0.2, 0) is 5.60 Å². The number of nitrogens with zero attached hydrogens (tertiary/aromatic N) is 1. The van der Waals surface area contributed by atoms with Crippen molar-refractivity contribution in [1.82, 2.24) is 4.90 Å². The Morgan fingerprint density at radius 1 is 1.13 bits per heavy atom. The van der Waals surface area contributed by atoms with Gasteiger partial charge in [0.05, 0.1) is 12.2 Å². The highest BCUT2D eigenvalue weighted by molar-refractivity contribution is 5.58. The third kappa shape index (κ3) is 1.16. The first kappa shape index (κ1) is 13.0. The summed E-state index contributed by atoms with van der Waals surface area (Å²) < 4.78 is 11.0. The number of aliphatic hydroxyl groups is 3. The first-order valence-electron chi connectivity index (χ1n) is 8.35. The van der Waals surface area contributed by atoms with Crippen molar-refractivity contribution >= 4 is 0 Å².